The molecule has 2 aromatic rings. The van der Waals surface area contributed by atoms with E-state index in [1.807, 2.05) is 24.3 Å². The summed E-state index contributed by atoms with van der Waals surface area (Å²) in [5.41, 5.74) is 8.99. The zero-order valence-corrected chi connectivity index (χ0v) is 9.43. The Morgan fingerprint density at radius 3 is 2.59 bits per heavy atom. The fourth-order valence-corrected chi connectivity index (χ4v) is 1.72. The Balaban J connectivity index is 2.37. The van der Waals surface area contributed by atoms with E-state index in [0.717, 1.165) is 17.7 Å². The Morgan fingerprint density at radius 1 is 1.18 bits per heavy atom. The molecule has 0 aliphatic carbocycles. The van der Waals surface area contributed by atoms with Crippen LogP contribution in [0.4, 0.5) is 0 Å². The molecule has 0 saturated carbocycles. The number of nitrogens with two attached hydrogens (primary N) is 1. The number of pyridine rings is 1. The van der Waals surface area contributed by atoms with Gasteiger partial charge in [0.25, 0.3) is 0 Å². The van der Waals surface area contributed by atoms with Crippen LogP contribution in [0.5, 0.6) is 0 Å². The number of benzene rings is 1. The van der Waals surface area contributed by atoms with Crippen LogP contribution in [0.2, 0.25) is 0 Å². The van der Waals surface area contributed by atoms with Gasteiger partial charge in [0.15, 0.2) is 0 Å². The first-order chi connectivity index (χ1) is 8.35. The predicted molar refractivity (Wildman–Crippen MR) is 67.1 cm³/mol. The summed E-state index contributed by atoms with van der Waals surface area (Å²) >= 11 is 0. The first-order valence-electron chi connectivity index (χ1n) is 5.49. The van der Waals surface area contributed by atoms with Crippen LogP contribution in [0, 0.1) is 11.3 Å². The first-order valence-corrected chi connectivity index (χ1v) is 5.49. The fraction of sp³-hybridized carbons (Fsp3) is 0.143. The molecule has 1 aromatic heterocycles. The molecule has 0 spiro atoms. The number of nitriles is 1. The van der Waals surface area contributed by atoms with E-state index in [9.17, 15) is 0 Å². The lowest BCUT2D eigenvalue weighted by atomic mass is 10.0. The quantitative estimate of drug-likeness (QED) is 0.866. The average molecular weight is 223 g/mol. The minimum atomic E-state index is 0.596. The van der Waals surface area contributed by atoms with Crippen molar-refractivity contribution in [1.29, 1.82) is 5.26 Å². The van der Waals surface area contributed by atoms with Gasteiger partial charge < -0.3 is 5.73 Å². The van der Waals surface area contributed by atoms with Gasteiger partial charge in [0.2, 0.25) is 0 Å². The molecule has 0 saturated heterocycles. The van der Waals surface area contributed by atoms with Crippen molar-refractivity contribution in [2.24, 2.45) is 5.73 Å². The lowest BCUT2D eigenvalue weighted by molar-refractivity contribution is 0.969. The molecular formula is C14H13N3. The highest BCUT2D eigenvalue weighted by Gasteiger charge is 2.05. The van der Waals surface area contributed by atoms with E-state index < -0.39 is 0 Å². The van der Waals surface area contributed by atoms with Crippen molar-refractivity contribution in [1.82, 2.24) is 4.98 Å². The smallest absolute Gasteiger partial charge is 0.101 e. The molecule has 0 unspecified atom stereocenters. The van der Waals surface area contributed by atoms with Crippen molar-refractivity contribution in [3.8, 4) is 17.3 Å². The highest BCUT2D eigenvalue weighted by molar-refractivity contribution is 5.66. The largest absolute Gasteiger partial charge is 0.330 e. The summed E-state index contributed by atoms with van der Waals surface area (Å²) in [5.74, 6) is 0. The third kappa shape index (κ3) is 2.49. The predicted octanol–water partition coefficient (Wildman–Crippen LogP) is 2.12. The number of hydrogen-bond donors (Lipinski definition) is 1. The second kappa shape index (κ2) is 5.24. The average Bonchev–Trinajstić information content (AvgIpc) is 2.40. The van der Waals surface area contributed by atoms with Gasteiger partial charge in [-0.2, -0.15) is 5.26 Å². The molecule has 84 valence electrons. The standard InChI is InChI=1S/C14H13N3/c15-8-7-11-3-5-12(6-4-11)14-13(10-16)2-1-9-17-14/h1-6,9H,7-8,15H2. The summed E-state index contributed by atoms with van der Waals surface area (Å²) < 4.78 is 0. The summed E-state index contributed by atoms with van der Waals surface area (Å²) in [5, 5.41) is 9.01. The molecule has 0 aliphatic heterocycles. The van der Waals surface area contributed by atoms with Crippen LogP contribution < -0.4 is 5.73 Å². The molecule has 3 heteroatoms. The van der Waals surface area contributed by atoms with Gasteiger partial charge in [0, 0.05) is 11.8 Å². The van der Waals surface area contributed by atoms with Crippen molar-refractivity contribution in [2.75, 3.05) is 6.54 Å². The van der Waals surface area contributed by atoms with E-state index in [0.29, 0.717) is 12.1 Å². The number of rotatable bonds is 3. The zero-order valence-electron chi connectivity index (χ0n) is 9.43. The second-order valence-corrected chi connectivity index (χ2v) is 3.75. The van der Waals surface area contributed by atoms with E-state index >= 15 is 0 Å². The van der Waals surface area contributed by atoms with Gasteiger partial charge in [0.05, 0.1) is 11.3 Å². The van der Waals surface area contributed by atoms with Gasteiger partial charge in [-0.1, -0.05) is 24.3 Å². The van der Waals surface area contributed by atoms with Gasteiger partial charge in [-0.25, -0.2) is 0 Å². The van der Waals surface area contributed by atoms with Crippen LogP contribution in [0.15, 0.2) is 42.6 Å². The summed E-state index contributed by atoms with van der Waals surface area (Å²) in [6.07, 6.45) is 2.57. The molecule has 0 aliphatic rings. The summed E-state index contributed by atoms with van der Waals surface area (Å²) in [7, 11) is 0. The van der Waals surface area contributed by atoms with Gasteiger partial charge in [-0.05, 0) is 30.7 Å². The fourth-order valence-electron chi connectivity index (χ4n) is 1.72. The maximum atomic E-state index is 9.01. The number of hydrogen-bond acceptors (Lipinski definition) is 3. The molecule has 0 atom stereocenters. The molecule has 17 heavy (non-hydrogen) atoms. The van der Waals surface area contributed by atoms with Crippen molar-refractivity contribution in [3.05, 3.63) is 53.7 Å². The van der Waals surface area contributed by atoms with Crippen LogP contribution >= 0.6 is 0 Å². The maximum Gasteiger partial charge on any atom is 0.101 e. The van der Waals surface area contributed by atoms with Crippen molar-refractivity contribution in [2.45, 2.75) is 6.42 Å². The van der Waals surface area contributed by atoms with Gasteiger partial charge in [-0.15, -0.1) is 0 Å². The normalized spacial score (nSPS) is 9.88. The van der Waals surface area contributed by atoms with E-state index in [1.54, 1.807) is 18.3 Å². The monoisotopic (exact) mass is 223 g/mol. The van der Waals surface area contributed by atoms with Crippen molar-refractivity contribution >= 4 is 0 Å². The summed E-state index contributed by atoms with van der Waals surface area (Å²) in [4.78, 5) is 4.25. The van der Waals surface area contributed by atoms with E-state index in [-0.39, 0.29) is 0 Å². The Bertz CT molecular complexity index is 538. The molecule has 0 radical (unpaired) electrons. The lowest BCUT2D eigenvalue weighted by Crippen LogP contribution is -2.02. The summed E-state index contributed by atoms with van der Waals surface area (Å²) in [6.45, 7) is 0.645. The van der Waals surface area contributed by atoms with Crippen LogP contribution in [0.25, 0.3) is 11.3 Å². The SMILES string of the molecule is N#Cc1cccnc1-c1ccc(CCN)cc1. The highest BCUT2D eigenvalue weighted by Crippen LogP contribution is 2.20. The van der Waals surface area contributed by atoms with E-state index in [4.69, 9.17) is 11.0 Å². The Labute approximate surface area is 101 Å². The molecule has 0 bridgehead atoms. The third-order valence-corrected chi connectivity index (χ3v) is 2.59. The Kier molecular flexibility index (Phi) is 3.49. The van der Waals surface area contributed by atoms with Gasteiger partial charge >= 0.3 is 0 Å². The molecule has 1 aromatic carbocycles. The molecule has 1 heterocycles. The Hall–Kier alpha value is -2.18. The topological polar surface area (TPSA) is 62.7 Å². The zero-order chi connectivity index (χ0) is 12.1. The second-order valence-electron chi connectivity index (χ2n) is 3.75. The third-order valence-electron chi connectivity index (χ3n) is 2.59. The molecule has 0 fully saturated rings. The first kappa shape index (κ1) is 11.3. The number of aromatic nitrogens is 1. The molecular weight excluding hydrogens is 210 g/mol. The van der Waals surface area contributed by atoms with Gasteiger partial charge in [-0.3, -0.25) is 4.98 Å². The Morgan fingerprint density at radius 2 is 1.94 bits per heavy atom. The number of nitrogens with zero attached hydrogens (tertiary/aromatic N) is 2. The minimum Gasteiger partial charge on any atom is -0.330 e. The molecule has 2 N–H and O–H groups in total. The van der Waals surface area contributed by atoms with Gasteiger partial charge in [0.1, 0.15) is 6.07 Å². The van der Waals surface area contributed by atoms with Crippen molar-refractivity contribution in [3.63, 3.8) is 0 Å². The van der Waals surface area contributed by atoms with E-state index in [2.05, 4.69) is 11.1 Å². The lowest BCUT2D eigenvalue weighted by Gasteiger charge is -2.04. The summed E-state index contributed by atoms with van der Waals surface area (Å²) in [6, 6.07) is 13.7. The minimum absolute atomic E-state index is 0.596. The van der Waals surface area contributed by atoms with Crippen LogP contribution in [0.3, 0.4) is 0 Å². The van der Waals surface area contributed by atoms with Crippen LogP contribution in [-0.2, 0) is 6.42 Å². The van der Waals surface area contributed by atoms with Crippen molar-refractivity contribution < 1.29 is 0 Å². The van der Waals surface area contributed by atoms with Crippen LogP contribution in [0.1, 0.15) is 11.1 Å². The molecule has 2 rings (SSSR count). The van der Waals surface area contributed by atoms with E-state index in [1.165, 1.54) is 5.56 Å². The molecule has 0 amide bonds. The maximum absolute atomic E-state index is 9.01. The highest BCUT2D eigenvalue weighted by atomic mass is 14.7. The van der Waals surface area contributed by atoms with Crippen LogP contribution in [-0.4, -0.2) is 11.5 Å². The molecule has 3 nitrogen and oxygen atoms in total.